The normalized spacial score (nSPS) is 13.0. The smallest absolute Gasteiger partial charge is 0.166 e. The molecule has 0 amide bonds. The van der Waals surface area contributed by atoms with E-state index in [-0.39, 0.29) is 0 Å². The highest BCUT2D eigenvalue weighted by atomic mass is 79.9. The van der Waals surface area contributed by atoms with Gasteiger partial charge in [0.25, 0.3) is 0 Å². The van der Waals surface area contributed by atoms with E-state index in [1.54, 1.807) is 12.1 Å². The minimum absolute atomic E-state index is 0.571. The van der Waals surface area contributed by atoms with Gasteiger partial charge in [-0.15, -0.1) is 0 Å². The summed E-state index contributed by atoms with van der Waals surface area (Å²) in [7, 11) is 0. The molecule has 0 nitrogen and oxygen atoms in total. The van der Waals surface area contributed by atoms with E-state index >= 15 is 0 Å². The molecule has 0 saturated carbocycles. The molecule has 0 atom stereocenters. The second kappa shape index (κ2) is 4.84. The quantitative estimate of drug-likeness (QED) is 0.699. The van der Waals surface area contributed by atoms with Crippen LogP contribution in [0.2, 0.25) is 0 Å². The molecule has 82 valence electrons. The molecule has 0 heterocycles. The van der Waals surface area contributed by atoms with Gasteiger partial charge >= 0.3 is 6.18 Å². The topological polar surface area (TPSA) is 0 Å². The van der Waals surface area contributed by atoms with Crippen molar-refractivity contribution in [1.29, 1.82) is 0 Å². The van der Waals surface area contributed by atoms with Gasteiger partial charge in [-0.2, -0.15) is 13.2 Å². The van der Waals surface area contributed by atoms with E-state index in [0.717, 1.165) is 17.7 Å². The summed E-state index contributed by atoms with van der Waals surface area (Å²) in [5.41, 5.74) is 0.940. The van der Waals surface area contributed by atoms with E-state index in [2.05, 4.69) is 15.9 Å². The molecule has 0 aliphatic rings. The number of allylic oxidation sites excluding steroid dienone is 1. The van der Waals surface area contributed by atoms with Gasteiger partial charge in [-0.25, -0.2) is 0 Å². The van der Waals surface area contributed by atoms with Crippen LogP contribution in [0.25, 0.3) is 6.08 Å². The van der Waals surface area contributed by atoms with Crippen molar-refractivity contribution >= 4 is 22.0 Å². The summed E-state index contributed by atoms with van der Waals surface area (Å²) >= 11 is 3.24. The van der Waals surface area contributed by atoms with Gasteiger partial charge in [-0.05, 0) is 24.6 Å². The molecule has 0 spiro atoms. The third-order valence-corrected chi connectivity index (χ3v) is 2.72. The fraction of sp³-hybridized carbons (Fsp3) is 0.273. The first-order valence-corrected chi connectivity index (χ1v) is 5.46. The Hall–Kier alpha value is -0.770. The zero-order valence-corrected chi connectivity index (χ0v) is 9.69. The van der Waals surface area contributed by atoms with Crippen molar-refractivity contribution in [2.24, 2.45) is 0 Å². The SMILES string of the molecule is CC(=Cc1cccc(C(F)(F)F)c1)CBr. The van der Waals surface area contributed by atoms with Crippen LogP contribution in [-0.4, -0.2) is 5.33 Å². The van der Waals surface area contributed by atoms with Crippen molar-refractivity contribution in [2.45, 2.75) is 13.1 Å². The Morgan fingerprint density at radius 2 is 2.07 bits per heavy atom. The summed E-state index contributed by atoms with van der Waals surface area (Å²) < 4.78 is 37.1. The molecule has 4 heteroatoms. The lowest BCUT2D eigenvalue weighted by Crippen LogP contribution is -2.04. The van der Waals surface area contributed by atoms with Gasteiger partial charge < -0.3 is 0 Å². The molecule has 15 heavy (non-hydrogen) atoms. The standard InChI is InChI=1S/C11H10BrF3/c1-8(7-12)5-9-3-2-4-10(6-9)11(13,14)15/h2-6H,7H2,1H3. The van der Waals surface area contributed by atoms with E-state index < -0.39 is 11.7 Å². The third kappa shape index (κ3) is 3.70. The highest BCUT2D eigenvalue weighted by Crippen LogP contribution is 2.29. The molecule has 1 rings (SSSR count). The predicted octanol–water partition coefficient (Wildman–Crippen LogP) is 4.50. The number of hydrogen-bond acceptors (Lipinski definition) is 0. The van der Waals surface area contributed by atoms with Gasteiger partial charge in [0.1, 0.15) is 0 Å². The van der Waals surface area contributed by atoms with Crippen molar-refractivity contribution in [3.63, 3.8) is 0 Å². The van der Waals surface area contributed by atoms with Gasteiger partial charge in [0.15, 0.2) is 0 Å². The van der Waals surface area contributed by atoms with Crippen LogP contribution in [0.3, 0.4) is 0 Å². The molecular weight excluding hydrogens is 269 g/mol. The lowest BCUT2D eigenvalue weighted by atomic mass is 10.1. The minimum atomic E-state index is -4.27. The van der Waals surface area contributed by atoms with E-state index in [1.165, 1.54) is 6.07 Å². The molecule has 0 aliphatic heterocycles. The Morgan fingerprint density at radius 3 is 2.60 bits per heavy atom. The predicted molar refractivity (Wildman–Crippen MR) is 58.9 cm³/mol. The van der Waals surface area contributed by atoms with Crippen molar-refractivity contribution in [3.8, 4) is 0 Å². The Balaban J connectivity index is 3.04. The maximum Gasteiger partial charge on any atom is 0.416 e. The zero-order valence-electron chi connectivity index (χ0n) is 8.11. The molecule has 0 aliphatic carbocycles. The van der Waals surface area contributed by atoms with Crippen molar-refractivity contribution < 1.29 is 13.2 Å². The molecular formula is C11H10BrF3. The number of rotatable bonds is 2. The Bertz CT molecular complexity index is 366. The summed E-state index contributed by atoms with van der Waals surface area (Å²) in [6.07, 6.45) is -2.55. The van der Waals surface area contributed by atoms with Crippen LogP contribution in [0.1, 0.15) is 18.1 Å². The second-order valence-corrected chi connectivity index (χ2v) is 3.81. The number of alkyl halides is 4. The van der Waals surface area contributed by atoms with E-state index in [9.17, 15) is 13.2 Å². The molecule has 0 unspecified atom stereocenters. The monoisotopic (exact) mass is 278 g/mol. The van der Waals surface area contributed by atoms with Crippen LogP contribution in [0.5, 0.6) is 0 Å². The van der Waals surface area contributed by atoms with Gasteiger partial charge in [0.2, 0.25) is 0 Å². The van der Waals surface area contributed by atoms with E-state index in [0.29, 0.717) is 10.9 Å². The van der Waals surface area contributed by atoms with Gasteiger partial charge in [-0.1, -0.05) is 39.7 Å². The summed E-state index contributed by atoms with van der Waals surface area (Å²) in [6.45, 7) is 1.86. The fourth-order valence-corrected chi connectivity index (χ4v) is 1.29. The first-order valence-electron chi connectivity index (χ1n) is 4.34. The van der Waals surface area contributed by atoms with Crippen LogP contribution in [0, 0.1) is 0 Å². The summed E-state index contributed by atoms with van der Waals surface area (Å²) in [5, 5.41) is 0.656. The largest absolute Gasteiger partial charge is 0.416 e. The van der Waals surface area contributed by atoms with E-state index in [4.69, 9.17) is 0 Å². The first-order chi connectivity index (χ1) is 6.93. The van der Waals surface area contributed by atoms with Crippen molar-refractivity contribution in [3.05, 3.63) is 41.0 Å². The zero-order chi connectivity index (χ0) is 11.5. The van der Waals surface area contributed by atoms with Crippen molar-refractivity contribution in [1.82, 2.24) is 0 Å². The second-order valence-electron chi connectivity index (χ2n) is 3.25. The average molecular weight is 279 g/mol. The highest BCUT2D eigenvalue weighted by molar-refractivity contribution is 9.09. The van der Waals surface area contributed by atoms with Crippen LogP contribution in [-0.2, 0) is 6.18 Å². The molecule has 0 saturated heterocycles. The minimum Gasteiger partial charge on any atom is -0.166 e. The molecule has 0 bridgehead atoms. The molecule has 0 N–H and O–H groups in total. The summed E-state index contributed by atoms with van der Waals surface area (Å²) in [4.78, 5) is 0. The van der Waals surface area contributed by atoms with Gasteiger partial charge in [-0.3, -0.25) is 0 Å². The number of benzene rings is 1. The Kier molecular flexibility index (Phi) is 3.97. The lowest BCUT2D eigenvalue weighted by molar-refractivity contribution is -0.137. The summed E-state index contributed by atoms with van der Waals surface area (Å²) in [6, 6.07) is 5.28. The highest BCUT2D eigenvalue weighted by Gasteiger charge is 2.30. The van der Waals surface area contributed by atoms with Gasteiger partial charge in [0, 0.05) is 5.33 Å². The number of hydrogen-bond donors (Lipinski definition) is 0. The van der Waals surface area contributed by atoms with E-state index in [1.807, 2.05) is 6.92 Å². The molecule has 1 aromatic rings. The number of halogens is 4. The maximum atomic E-state index is 12.4. The molecule has 1 aromatic carbocycles. The Labute approximate surface area is 94.9 Å². The summed E-state index contributed by atoms with van der Waals surface area (Å²) in [5.74, 6) is 0. The Morgan fingerprint density at radius 1 is 1.40 bits per heavy atom. The average Bonchev–Trinajstić information content (AvgIpc) is 2.17. The maximum absolute atomic E-state index is 12.4. The first kappa shape index (κ1) is 12.3. The van der Waals surface area contributed by atoms with Crippen molar-refractivity contribution in [2.75, 3.05) is 5.33 Å². The van der Waals surface area contributed by atoms with Crippen LogP contribution >= 0.6 is 15.9 Å². The van der Waals surface area contributed by atoms with Crippen LogP contribution in [0.4, 0.5) is 13.2 Å². The molecule has 0 radical (unpaired) electrons. The lowest BCUT2D eigenvalue weighted by Gasteiger charge is -2.07. The molecule has 0 aromatic heterocycles. The fourth-order valence-electron chi connectivity index (χ4n) is 1.13. The van der Waals surface area contributed by atoms with Crippen LogP contribution in [0.15, 0.2) is 29.8 Å². The molecule has 0 fully saturated rings. The van der Waals surface area contributed by atoms with Gasteiger partial charge in [0.05, 0.1) is 5.56 Å². The van der Waals surface area contributed by atoms with Crippen LogP contribution < -0.4 is 0 Å². The third-order valence-electron chi connectivity index (χ3n) is 1.84.